The van der Waals surface area contributed by atoms with Crippen molar-refractivity contribution in [1.29, 1.82) is 0 Å². The molecule has 1 fully saturated rings. The monoisotopic (exact) mass is 274 g/mol. The lowest BCUT2D eigenvalue weighted by Crippen LogP contribution is -2.56. The highest BCUT2D eigenvalue weighted by Crippen LogP contribution is 2.31. The zero-order chi connectivity index (χ0) is 14.8. The number of rotatable bonds is 3. The molecular formula is C17H26N2O. The number of amides is 1. The molecule has 0 aromatic heterocycles. The molecule has 110 valence electrons. The second kappa shape index (κ2) is 5.96. The van der Waals surface area contributed by atoms with Crippen molar-refractivity contribution in [1.82, 2.24) is 5.32 Å². The van der Waals surface area contributed by atoms with E-state index in [0.29, 0.717) is 5.92 Å². The van der Waals surface area contributed by atoms with Crippen molar-refractivity contribution in [2.24, 2.45) is 11.7 Å². The van der Waals surface area contributed by atoms with Gasteiger partial charge in [0.25, 0.3) is 0 Å². The third kappa shape index (κ3) is 3.40. The van der Waals surface area contributed by atoms with Gasteiger partial charge in [-0.15, -0.1) is 0 Å². The van der Waals surface area contributed by atoms with Gasteiger partial charge in [0, 0.05) is 0 Å². The van der Waals surface area contributed by atoms with E-state index in [4.69, 9.17) is 5.73 Å². The highest BCUT2D eigenvalue weighted by Gasteiger charge is 2.38. The summed E-state index contributed by atoms with van der Waals surface area (Å²) in [6.45, 7) is 6.25. The molecule has 0 heterocycles. The van der Waals surface area contributed by atoms with E-state index in [-0.39, 0.29) is 11.9 Å². The molecule has 1 aromatic rings. The summed E-state index contributed by atoms with van der Waals surface area (Å²) in [6, 6.07) is 8.26. The van der Waals surface area contributed by atoms with Crippen LogP contribution in [0.4, 0.5) is 0 Å². The molecule has 2 rings (SSSR count). The summed E-state index contributed by atoms with van der Waals surface area (Å²) in [5, 5.41) is 3.08. The van der Waals surface area contributed by atoms with Gasteiger partial charge in [0.15, 0.2) is 0 Å². The van der Waals surface area contributed by atoms with Gasteiger partial charge >= 0.3 is 0 Å². The highest BCUT2D eigenvalue weighted by atomic mass is 16.2. The Hall–Kier alpha value is -1.35. The van der Waals surface area contributed by atoms with Crippen LogP contribution in [0.5, 0.6) is 0 Å². The predicted molar refractivity (Wildman–Crippen MR) is 82.3 cm³/mol. The molecule has 0 aliphatic heterocycles. The number of hydrogen-bond acceptors (Lipinski definition) is 2. The van der Waals surface area contributed by atoms with Gasteiger partial charge in [0.1, 0.15) is 0 Å². The molecule has 1 aliphatic rings. The third-order valence-electron chi connectivity index (χ3n) is 4.41. The molecule has 0 spiro atoms. The normalized spacial score (nSPS) is 27.9. The largest absolute Gasteiger partial charge is 0.348 e. The Labute approximate surface area is 121 Å². The number of carbonyl (C=O) groups excluding carboxylic acids is 1. The van der Waals surface area contributed by atoms with Gasteiger partial charge < -0.3 is 11.1 Å². The van der Waals surface area contributed by atoms with Gasteiger partial charge in [-0.2, -0.15) is 0 Å². The summed E-state index contributed by atoms with van der Waals surface area (Å²) < 4.78 is 0. The highest BCUT2D eigenvalue weighted by molar-refractivity contribution is 5.86. The third-order valence-corrected chi connectivity index (χ3v) is 4.41. The van der Waals surface area contributed by atoms with Crippen LogP contribution in [0.3, 0.4) is 0 Å². The Kier molecular flexibility index (Phi) is 4.48. The van der Waals surface area contributed by atoms with Crippen molar-refractivity contribution in [3.8, 4) is 0 Å². The van der Waals surface area contributed by atoms with Crippen LogP contribution in [0.25, 0.3) is 0 Å². The summed E-state index contributed by atoms with van der Waals surface area (Å²) in [4.78, 5) is 12.5. The number of benzene rings is 1. The van der Waals surface area contributed by atoms with Crippen molar-refractivity contribution < 1.29 is 4.79 Å². The Morgan fingerprint density at radius 1 is 1.40 bits per heavy atom. The van der Waals surface area contributed by atoms with Crippen LogP contribution >= 0.6 is 0 Å². The molecule has 1 amide bonds. The Bertz CT molecular complexity index is 468. The number of nitrogens with two attached hydrogens (primary N) is 1. The second-order valence-corrected chi connectivity index (χ2v) is 6.46. The van der Waals surface area contributed by atoms with Gasteiger partial charge in [0.05, 0.1) is 11.6 Å². The average molecular weight is 274 g/mol. The number of nitrogens with one attached hydrogen (secondary N) is 1. The maximum absolute atomic E-state index is 12.5. The van der Waals surface area contributed by atoms with Crippen LogP contribution in [-0.2, 0) is 4.79 Å². The van der Waals surface area contributed by atoms with Crippen LogP contribution in [0, 0.1) is 12.8 Å². The molecule has 3 nitrogen and oxygen atoms in total. The lowest BCUT2D eigenvalue weighted by molar-refractivity contribution is -0.128. The van der Waals surface area contributed by atoms with E-state index < -0.39 is 5.54 Å². The number of aryl methyl sites for hydroxylation is 1. The van der Waals surface area contributed by atoms with Gasteiger partial charge in [-0.25, -0.2) is 0 Å². The van der Waals surface area contributed by atoms with Crippen LogP contribution < -0.4 is 11.1 Å². The predicted octanol–water partition coefficient (Wildman–Crippen LogP) is 3.08. The molecule has 1 saturated carbocycles. The minimum atomic E-state index is -0.684. The molecule has 3 atom stereocenters. The maximum Gasteiger partial charge on any atom is 0.240 e. The Morgan fingerprint density at radius 3 is 2.65 bits per heavy atom. The van der Waals surface area contributed by atoms with Crippen LogP contribution in [0.15, 0.2) is 24.3 Å². The SMILES string of the molecule is Cc1ccc([C@H](C)NC(=O)C2(N)CCCC(C)C2)cc1. The molecule has 0 saturated heterocycles. The standard InChI is InChI=1S/C17H26N2O/c1-12-6-8-15(9-7-12)14(3)19-16(20)17(18)10-4-5-13(2)11-17/h6-9,13-14H,4-5,10-11,18H2,1-3H3,(H,19,20)/t13?,14-,17?/m0/s1. The minimum absolute atomic E-state index is 0.000702. The first-order chi connectivity index (χ1) is 9.40. The van der Waals surface area contributed by atoms with Crippen molar-refractivity contribution in [2.45, 2.75) is 58.0 Å². The van der Waals surface area contributed by atoms with Crippen molar-refractivity contribution in [2.75, 3.05) is 0 Å². The molecule has 2 unspecified atom stereocenters. The molecule has 0 bridgehead atoms. The fourth-order valence-corrected chi connectivity index (χ4v) is 3.08. The Balaban J connectivity index is 2.01. The van der Waals surface area contributed by atoms with Crippen LogP contribution in [-0.4, -0.2) is 11.4 Å². The van der Waals surface area contributed by atoms with Crippen molar-refractivity contribution in [3.63, 3.8) is 0 Å². The molecule has 1 aromatic carbocycles. The average Bonchev–Trinajstić information content (AvgIpc) is 2.39. The van der Waals surface area contributed by atoms with E-state index in [2.05, 4.69) is 43.4 Å². The minimum Gasteiger partial charge on any atom is -0.348 e. The first kappa shape index (κ1) is 15.0. The Morgan fingerprint density at radius 2 is 2.05 bits per heavy atom. The molecule has 3 heteroatoms. The zero-order valence-electron chi connectivity index (χ0n) is 12.8. The molecule has 0 radical (unpaired) electrons. The zero-order valence-corrected chi connectivity index (χ0v) is 12.8. The molecule has 3 N–H and O–H groups in total. The quantitative estimate of drug-likeness (QED) is 0.890. The van der Waals surface area contributed by atoms with Crippen LogP contribution in [0.2, 0.25) is 0 Å². The van der Waals surface area contributed by atoms with E-state index >= 15 is 0 Å². The van der Waals surface area contributed by atoms with Crippen molar-refractivity contribution in [3.05, 3.63) is 35.4 Å². The summed E-state index contributed by atoms with van der Waals surface area (Å²) >= 11 is 0. The number of hydrogen-bond donors (Lipinski definition) is 2. The topological polar surface area (TPSA) is 55.1 Å². The lowest BCUT2D eigenvalue weighted by Gasteiger charge is -2.36. The maximum atomic E-state index is 12.5. The molecule has 1 aliphatic carbocycles. The van der Waals surface area contributed by atoms with E-state index in [1.165, 1.54) is 12.0 Å². The van der Waals surface area contributed by atoms with E-state index in [9.17, 15) is 4.79 Å². The first-order valence-corrected chi connectivity index (χ1v) is 7.57. The molecular weight excluding hydrogens is 248 g/mol. The van der Waals surface area contributed by atoms with Crippen LogP contribution in [0.1, 0.15) is 56.7 Å². The van der Waals surface area contributed by atoms with Gasteiger partial charge in [-0.05, 0) is 38.2 Å². The summed E-state index contributed by atoms with van der Waals surface area (Å²) in [5.41, 5.74) is 7.99. The molecule has 20 heavy (non-hydrogen) atoms. The second-order valence-electron chi connectivity index (χ2n) is 6.46. The fourth-order valence-electron chi connectivity index (χ4n) is 3.08. The summed E-state index contributed by atoms with van der Waals surface area (Å²) in [5.74, 6) is 0.534. The van der Waals surface area contributed by atoms with E-state index in [0.717, 1.165) is 24.8 Å². The fraction of sp³-hybridized carbons (Fsp3) is 0.588. The lowest BCUT2D eigenvalue weighted by atomic mass is 9.76. The number of carbonyl (C=O) groups is 1. The summed E-state index contributed by atoms with van der Waals surface area (Å²) in [7, 11) is 0. The van der Waals surface area contributed by atoms with E-state index in [1.807, 2.05) is 6.92 Å². The van der Waals surface area contributed by atoms with Crippen molar-refractivity contribution >= 4 is 5.91 Å². The van der Waals surface area contributed by atoms with E-state index in [1.54, 1.807) is 0 Å². The first-order valence-electron chi connectivity index (χ1n) is 7.57. The van der Waals surface area contributed by atoms with Gasteiger partial charge in [-0.1, -0.05) is 49.6 Å². The van der Waals surface area contributed by atoms with Gasteiger partial charge in [-0.3, -0.25) is 4.79 Å². The smallest absolute Gasteiger partial charge is 0.240 e. The summed E-state index contributed by atoms with van der Waals surface area (Å²) in [6.07, 6.45) is 3.81. The van der Waals surface area contributed by atoms with Gasteiger partial charge in [0.2, 0.25) is 5.91 Å².